The normalized spacial score (nSPS) is 25.1. The van der Waals surface area contributed by atoms with Crippen molar-refractivity contribution < 1.29 is 9.59 Å². The maximum atomic E-state index is 12.5. The van der Waals surface area contributed by atoms with E-state index in [0.29, 0.717) is 5.92 Å². The Morgan fingerprint density at radius 1 is 1.32 bits per heavy atom. The van der Waals surface area contributed by atoms with Crippen molar-refractivity contribution in [1.29, 1.82) is 0 Å². The fourth-order valence-electron chi connectivity index (χ4n) is 2.59. The van der Waals surface area contributed by atoms with Crippen LogP contribution in [-0.2, 0) is 9.59 Å². The molecule has 19 heavy (non-hydrogen) atoms. The predicted octanol–water partition coefficient (Wildman–Crippen LogP) is 0.880. The average molecular weight is 259 g/mol. The molecule has 1 aliphatic carbocycles. The molecule has 2 heterocycles. The SMILES string of the molecule is CC(c1ccncc1)N1CC(=O)NC(C2CC2)C1=O. The Kier molecular flexibility index (Phi) is 2.97. The van der Waals surface area contributed by atoms with Crippen molar-refractivity contribution >= 4 is 11.8 Å². The summed E-state index contributed by atoms with van der Waals surface area (Å²) in [7, 11) is 0. The lowest BCUT2D eigenvalue weighted by atomic mass is 10.0. The Labute approximate surface area is 112 Å². The number of hydrogen-bond donors (Lipinski definition) is 1. The molecule has 2 amide bonds. The Morgan fingerprint density at radius 3 is 2.63 bits per heavy atom. The molecule has 1 N–H and O–H groups in total. The van der Waals surface area contributed by atoms with Gasteiger partial charge in [-0.15, -0.1) is 0 Å². The van der Waals surface area contributed by atoms with Crippen LogP contribution in [0.2, 0.25) is 0 Å². The molecule has 1 aromatic rings. The molecule has 5 heteroatoms. The van der Waals surface area contributed by atoms with Crippen LogP contribution in [0, 0.1) is 5.92 Å². The number of hydrogen-bond acceptors (Lipinski definition) is 3. The summed E-state index contributed by atoms with van der Waals surface area (Å²) < 4.78 is 0. The number of amides is 2. The van der Waals surface area contributed by atoms with E-state index >= 15 is 0 Å². The van der Waals surface area contributed by atoms with Crippen LogP contribution in [0.1, 0.15) is 31.4 Å². The zero-order valence-electron chi connectivity index (χ0n) is 10.9. The van der Waals surface area contributed by atoms with Crippen LogP contribution in [0.15, 0.2) is 24.5 Å². The Hall–Kier alpha value is -1.91. The largest absolute Gasteiger partial charge is 0.342 e. The highest BCUT2D eigenvalue weighted by Gasteiger charge is 2.43. The Balaban J connectivity index is 1.82. The number of carbonyl (C=O) groups is 2. The summed E-state index contributed by atoms with van der Waals surface area (Å²) in [6, 6.07) is 3.36. The van der Waals surface area contributed by atoms with Crippen molar-refractivity contribution in [3.63, 3.8) is 0 Å². The number of nitrogens with one attached hydrogen (secondary N) is 1. The lowest BCUT2D eigenvalue weighted by Crippen LogP contribution is -2.59. The second-order valence-electron chi connectivity index (χ2n) is 5.31. The molecule has 1 aliphatic heterocycles. The van der Waals surface area contributed by atoms with Crippen molar-refractivity contribution in [3.8, 4) is 0 Å². The first-order chi connectivity index (χ1) is 9.16. The molecule has 0 bridgehead atoms. The zero-order valence-corrected chi connectivity index (χ0v) is 10.9. The summed E-state index contributed by atoms with van der Waals surface area (Å²) in [5, 5.41) is 2.82. The van der Waals surface area contributed by atoms with Gasteiger partial charge in [0, 0.05) is 12.4 Å². The maximum Gasteiger partial charge on any atom is 0.246 e. The van der Waals surface area contributed by atoms with Crippen LogP contribution < -0.4 is 5.32 Å². The van der Waals surface area contributed by atoms with E-state index in [9.17, 15) is 9.59 Å². The molecule has 1 saturated carbocycles. The van der Waals surface area contributed by atoms with Crippen LogP contribution in [-0.4, -0.2) is 34.3 Å². The minimum absolute atomic E-state index is 0.0476. The molecule has 2 unspecified atom stereocenters. The van der Waals surface area contributed by atoms with Crippen molar-refractivity contribution in [2.24, 2.45) is 5.92 Å². The minimum Gasteiger partial charge on any atom is -0.342 e. The van der Waals surface area contributed by atoms with Gasteiger partial charge in [-0.3, -0.25) is 14.6 Å². The highest BCUT2D eigenvalue weighted by Crippen LogP contribution is 2.35. The average Bonchev–Trinajstić information content (AvgIpc) is 3.25. The molecule has 100 valence electrons. The van der Waals surface area contributed by atoms with Gasteiger partial charge in [0.05, 0.1) is 6.04 Å². The first-order valence-electron chi connectivity index (χ1n) is 6.66. The van der Waals surface area contributed by atoms with Crippen LogP contribution in [0.5, 0.6) is 0 Å². The molecule has 0 spiro atoms. The summed E-state index contributed by atoms with van der Waals surface area (Å²) in [4.78, 5) is 29.9. The van der Waals surface area contributed by atoms with Crippen molar-refractivity contribution in [1.82, 2.24) is 15.2 Å². The van der Waals surface area contributed by atoms with Gasteiger partial charge < -0.3 is 10.2 Å². The number of piperazine rings is 1. The van der Waals surface area contributed by atoms with Crippen LogP contribution in [0.4, 0.5) is 0 Å². The minimum atomic E-state index is -0.314. The van der Waals surface area contributed by atoms with E-state index in [1.807, 2.05) is 19.1 Å². The number of nitrogens with zero attached hydrogens (tertiary/aromatic N) is 2. The Bertz CT molecular complexity index is 499. The summed E-state index contributed by atoms with van der Waals surface area (Å²) >= 11 is 0. The molecule has 2 fully saturated rings. The van der Waals surface area contributed by atoms with Gasteiger partial charge in [0.1, 0.15) is 12.6 Å². The highest BCUT2D eigenvalue weighted by atomic mass is 16.2. The molecular weight excluding hydrogens is 242 g/mol. The van der Waals surface area contributed by atoms with E-state index in [1.165, 1.54) is 0 Å². The fourth-order valence-corrected chi connectivity index (χ4v) is 2.59. The third-order valence-corrected chi connectivity index (χ3v) is 3.93. The van der Waals surface area contributed by atoms with Crippen molar-refractivity contribution in [3.05, 3.63) is 30.1 Å². The second-order valence-corrected chi connectivity index (χ2v) is 5.31. The van der Waals surface area contributed by atoms with Crippen molar-refractivity contribution in [2.45, 2.75) is 31.8 Å². The number of carbonyl (C=O) groups excluding carboxylic acids is 2. The van der Waals surface area contributed by atoms with Gasteiger partial charge in [-0.2, -0.15) is 0 Å². The smallest absolute Gasteiger partial charge is 0.246 e. The topological polar surface area (TPSA) is 62.3 Å². The molecule has 2 aliphatic rings. The Morgan fingerprint density at radius 2 is 2.00 bits per heavy atom. The van der Waals surface area contributed by atoms with Crippen LogP contribution >= 0.6 is 0 Å². The zero-order chi connectivity index (χ0) is 13.4. The second kappa shape index (κ2) is 4.64. The molecule has 5 nitrogen and oxygen atoms in total. The monoisotopic (exact) mass is 259 g/mol. The molecule has 2 atom stereocenters. The van der Waals surface area contributed by atoms with E-state index in [4.69, 9.17) is 0 Å². The van der Waals surface area contributed by atoms with Gasteiger partial charge in [0.15, 0.2) is 0 Å². The summed E-state index contributed by atoms with van der Waals surface area (Å²) in [5.74, 6) is 0.327. The van der Waals surface area contributed by atoms with Gasteiger partial charge in [0.2, 0.25) is 11.8 Å². The standard InChI is InChI=1S/C14H17N3O2/c1-9(10-4-6-15-7-5-10)17-8-12(18)16-13(14(17)19)11-2-3-11/h4-7,9,11,13H,2-3,8H2,1H3,(H,16,18). The molecular formula is C14H17N3O2. The number of rotatable bonds is 3. The first-order valence-corrected chi connectivity index (χ1v) is 6.66. The predicted molar refractivity (Wildman–Crippen MR) is 69.0 cm³/mol. The summed E-state index contributed by atoms with van der Waals surface area (Å²) in [6.07, 6.45) is 5.49. The summed E-state index contributed by atoms with van der Waals surface area (Å²) in [6.45, 7) is 2.10. The molecule has 3 rings (SSSR count). The molecule has 0 aromatic carbocycles. The fraction of sp³-hybridized carbons (Fsp3) is 0.500. The van der Waals surface area contributed by atoms with E-state index in [1.54, 1.807) is 17.3 Å². The van der Waals surface area contributed by atoms with E-state index in [0.717, 1.165) is 18.4 Å². The summed E-state index contributed by atoms with van der Waals surface area (Å²) in [5.41, 5.74) is 1.01. The van der Waals surface area contributed by atoms with Gasteiger partial charge in [-0.25, -0.2) is 0 Å². The first kappa shape index (κ1) is 12.1. The third kappa shape index (κ3) is 2.32. The van der Waals surface area contributed by atoms with E-state index in [2.05, 4.69) is 10.3 Å². The van der Waals surface area contributed by atoms with Gasteiger partial charge >= 0.3 is 0 Å². The number of aromatic nitrogens is 1. The molecule has 1 aromatic heterocycles. The van der Waals surface area contributed by atoms with Gasteiger partial charge in [0.25, 0.3) is 0 Å². The van der Waals surface area contributed by atoms with E-state index < -0.39 is 0 Å². The van der Waals surface area contributed by atoms with Crippen LogP contribution in [0.25, 0.3) is 0 Å². The lowest BCUT2D eigenvalue weighted by Gasteiger charge is -2.36. The van der Waals surface area contributed by atoms with Crippen molar-refractivity contribution in [2.75, 3.05) is 6.54 Å². The lowest BCUT2D eigenvalue weighted by molar-refractivity contribution is -0.147. The molecule has 0 radical (unpaired) electrons. The van der Waals surface area contributed by atoms with Gasteiger partial charge in [-0.1, -0.05) is 0 Å². The van der Waals surface area contributed by atoms with Gasteiger partial charge in [-0.05, 0) is 43.4 Å². The van der Waals surface area contributed by atoms with Crippen LogP contribution in [0.3, 0.4) is 0 Å². The van der Waals surface area contributed by atoms with E-state index in [-0.39, 0.29) is 30.4 Å². The number of pyridine rings is 1. The maximum absolute atomic E-state index is 12.5. The molecule has 1 saturated heterocycles. The highest BCUT2D eigenvalue weighted by molar-refractivity contribution is 5.95. The quantitative estimate of drug-likeness (QED) is 0.876. The third-order valence-electron chi connectivity index (χ3n) is 3.93.